The molecule has 1 aromatic carbocycles. The molecule has 0 spiro atoms. The molecule has 0 amide bonds. The lowest BCUT2D eigenvalue weighted by atomic mass is 10.1. The van der Waals surface area contributed by atoms with Gasteiger partial charge in [0.05, 0.1) is 42.7 Å². The standard InChI is InChI=1S/C21H20N4O2/c1-14(2)27-16-7-4-6-15(10-16)18-13-25-19(11-23-20(25)12-22-18)17-8-5-9-21(24-17)26-3/h4-14H,1-3H3. The molecule has 0 atom stereocenters. The highest BCUT2D eigenvalue weighted by molar-refractivity contribution is 5.65. The molecule has 4 aromatic rings. The smallest absolute Gasteiger partial charge is 0.213 e. The van der Waals surface area contributed by atoms with Crippen LogP contribution in [0, 0.1) is 0 Å². The lowest BCUT2D eigenvalue weighted by molar-refractivity contribution is 0.242. The van der Waals surface area contributed by atoms with Gasteiger partial charge < -0.3 is 9.47 Å². The van der Waals surface area contributed by atoms with E-state index in [0.29, 0.717) is 5.88 Å². The normalized spacial score (nSPS) is 11.1. The molecule has 0 radical (unpaired) electrons. The zero-order valence-corrected chi connectivity index (χ0v) is 15.5. The van der Waals surface area contributed by atoms with Gasteiger partial charge in [-0.2, -0.15) is 0 Å². The average molecular weight is 360 g/mol. The zero-order valence-electron chi connectivity index (χ0n) is 15.5. The Bertz CT molecular complexity index is 1090. The van der Waals surface area contributed by atoms with E-state index in [-0.39, 0.29) is 6.10 Å². The van der Waals surface area contributed by atoms with Crippen molar-refractivity contribution in [2.24, 2.45) is 0 Å². The molecule has 3 aromatic heterocycles. The van der Waals surface area contributed by atoms with Gasteiger partial charge in [-0.25, -0.2) is 9.97 Å². The molecule has 0 aliphatic heterocycles. The Kier molecular flexibility index (Phi) is 4.46. The van der Waals surface area contributed by atoms with Crippen molar-refractivity contribution in [3.8, 4) is 34.3 Å². The highest BCUT2D eigenvalue weighted by Crippen LogP contribution is 2.26. The van der Waals surface area contributed by atoms with Gasteiger partial charge in [0.2, 0.25) is 5.88 Å². The number of imidazole rings is 1. The lowest BCUT2D eigenvalue weighted by Crippen LogP contribution is -2.05. The average Bonchev–Trinajstić information content (AvgIpc) is 3.11. The van der Waals surface area contributed by atoms with E-state index >= 15 is 0 Å². The molecule has 6 nitrogen and oxygen atoms in total. The SMILES string of the molecule is COc1cccc(-c2cnc3cnc(-c4cccc(OC(C)C)c4)cn23)n1. The van der Waals surface area contributed by atoms with Crippen LogP contribution in [0.3, 0.4) is 0 Å². The first-order valence-electron chi connectivity index (χ1n) is 8.75. The Morgan fingerprint density at radius 2 is 1.81 bits per heavy atom. The monoisotopic (exact) mass is 360 g/mol. The van der Waals surface area contributed by atoms with Crippen molar-refractivity contribution in [1.29, 1.82) is 0 Å². The van der Waals surface area contributed by atoms with Crippen molar-refractivity contribution in [1.82, 2.24) is 19.4 Å². The van der Waals surface area contributed by atoms with Gasteiger partial charge in [-0.3, -0.25) is 9.38 Å². The number of nitrogens with zero attached hydrogens (tertiary/aromatic N) is 4. The van der Waals surface area contributed by atoms with Gasteiger partial charge in [0.1, 0.15) is 5.75 Å². The number of benzene rings is 1. The zero-order chi connectivity index (χ0) is 18.8. The number of hydrogen-bond acceptors (Lipinski definition) is 5. The van der Waals surface area contributed by atoms with Gasteiger partial charge in [-0.05, 0) is 32.0 Å². The van der Waals surface area contributed by atoms with Gasteiger partial charge in [0.25, 0.3) is 0 Å². The van der Waals surface area contributed by atoms with E-state index in [1.807, 2.05) is 66.9 Å². The number of fused-ring (bicyclic) bond motifs is 1. The maximum absolute atomic E-state index is 5.80. The molecule has 4 rings (SSSR count). The molecule has 0 aliphatic rings. The van der Waals surface area contributed by atoms with E-state index in [9.17, 15) is 0 Å². The summed E-state index contributed by atoms with van der Waals surface area (Å²) in [5.74, 6) is 1.39. The summed E-state index contributed by atoms with van der Waals surface area (Å²) in [6, 6.07) is 13.6. The van der Waals surface area contributed by atoms with Crippen LogP contribution in [-0.4, -0.2) is 32.6 Å². The summed E-state index contributed by atoms with van der Waals surface area (Å²) in [6.07, 6.45) is 5.64. The van der Waals surface area contributed by atoms with Crippen LogP contribution in [0.2, 0.25) is 0 Å². The summed E-state index contributed by atoms with van der Waals surface area (Å²) in [5.41, 5.74) is 4.23. The molecule has 0 bridgehead atoms. The fraction of sp³-hybridized carbons (Fsp3) is 0.190. The molecule has 0 saturated heterocycles. The molecule has 3 heterocycles. The fourth-order valence-electron chi connectivity index (χ4n) is 2.90. The Hall–Kier alpha value is -3.41. The largest absolute Gasteiger partial charge is 0.491 e. The predicted octanol–water partition coefficient (Wildman–Crippen LogP) is 4.25. The van der Waals surface area contributed by atoms with E-state index in [4.69, 9.17) is 9.47 Å². The molecule has 6 heteroatoms. The van der Waals surface area contributed by atoms with E-state index < -0.39 is 0 Å². The third-order valence-corrected chi connectivity index (χ3v) is 4.09. The van der Waals surface area contributed by atoms with Crippen LogP contribution in [0.5, 0.6) is 11.6 Å². The van der Waals surface area contributed by atoms with Crippen LogP contribution in [0.1, 0.15) is 13.8 Å². The first-order valence-corrected chi connectivity index (χ1v) is 8.75. The first kappa shape index (κ1) is 17.0. The highest BCUT2D eigenvalue weighted by Gasteiger charge is 2.11. The second-order valence-corrected chi connectivity index (χ2v) is 6.40. The maximum atomic E-state index is 5.80. The summed E-state index contributed by atoms with van der Waals surface area (Å²) >= 11 is 0. The van der Waals surface area contributed by atoms with Crippen LogP contribution in [0.25, 0.3) is 28.3 Å². The van der Waals surface area contributed by atoms with E-state index in [2.05, 4.69) is 15.0 Å². The second-order valence-electron chi connectivity index (χ2n) is 6.40. The van der Waals surface area contributed by atoms with Crippen molar-refractivity contribution < 1.29 is 9.47 Å². The van der Waals surface area contributed by atoms with Crippen molar-refractivity contribution in [3.05, 3.63) is 61.1 Å². The molecule has 0 fully saturated rings. The van der Waals surface area contributed by atoms with E-state index in [0.717, 1.165) is 34.0 Å². The number of aromatic nitrogens is 4. The molecule has 27 heavy (non-hydrogen) atoms. The third kappa shape index (κ3) is 3.46. The topological polar surface area (TPSA) is 61.5 Å². The van der Waals surface area contributed by atoms with Crippen molar-refractivity contribution in [3.63, 3.8) is 0 Å². The maximum Gasteiger partial charge on any atom is 0.213 e. The van der Waals surface area contributed by atoms with Gasteiger partial charge in [0, 0.05) is 17.8 Å². The van der Waals surface area contributed by atoms with Crippen LogP contribution in [-0.2, 0) is 0 Å². The second kappa shape index (κ2) is 7.07. The van der Waals surface area contributed by atoms with Crippen LogP contribution >= 0.6 is 0 Å². The number of hydrogen-bond donors (Lipinski definition) is 0. The lowest BCUT2D eigenvalue weighted by Gasteiger charge is -2.11. The summed E-state index contributed by atoms with van der Waals surface area (Å²) in [4.78, 5) is 13.5. The van der Waals surface area contributed by atoms with Gasteiger partial charge in [0.15, 0.2) is 5.65 Å². The quantitative estimate of drug-likeness (QED) is 0.532. The first-order chi connectivity index (χ1) is 13.1. The minimum absolute atomic E-state index is 0.120. The Morgan fingerprint density at radius 3 is 2.63 bits per heavy atom. The van der Waals surface area contributed by atoms with Gasteiger partial charge in [-0.15, -0.1) is 0 Å². The van der Waals surface area contributed by atoms with E-state index in [1.54, 1.807) is 19.5 Å². The Labute approximate surface area is 157 Å². The fourth-order valence-corrected chi connectivity index (χ4v) is 2.90. The van der Waals surface area contributed by atoms with Crippen LogP contribution in [0.15, 0.2) is 61.1 Å². The highest BCUT2D eigenvalue weighted by atomic mass is 16.5. The predicted molar refractivity (Wildman–Crippen MR) is 104 cm³/mol. The van der Waals surface area contributed by atoms with Crippen molar-refractivity contribution in [2.75, 3.05) is 7.11 Å². The van der Waals surface area contributed by atoms with Crippen LogP contribution < -0.4 is 9.47 Å². The van der Waals surface area contributed by atoms with Gasteiger partial charge >= 0.3 is 0 Å². The molecule has 136 valence electrons. The van der Waals surface area contributed by atoms with E-state index in [1.165, 1.54) is 0 Å². The molecule has 0 saturated carbocycles. The molecule has 0 unspecified atom stereocenters. The third-order valence-electron chi connectivity index (χ3n) is 4.09. The summed E-state index contributed by atoms with van der Waals surface area (Å²) in [5, 5.41) is 0. The van der Waals surface area contributed by atoms with Crippen LogP contribution in [0.4, 0.5) is 0 Å². The molecule has 0 N–H and O–H groups in total. The number of methoxy groups -OCH3 is 1. The minimum atomic E-state index is 0.120. The number of rotatable bonds is 5. The van der Waals surface area contributed by atoms with Crippen molar-refractivity contribution in [2.45, 2.75) is 20.0 Å². The Morgan fingerprint density at radius 1 is 0.963 bits per heavy atom. The van der Waals surface area contributed by atoms with Crippen molar-refractivity contribution >= 4 is 5.65 Å². The molecular formula is C21H20N4O2. The molecule has 0 aliphatic carbocycles. The Balaban J connectivity index is 1.78. The summed E-state index contributed by atoms with van der Waals surface area (Å²) in [7, 11) is 1.61. The van der Waals surface area contributed by atoms with Gasteiger partial charge in [-0.1, -0.05) is 18.2 Å². The number of ether oxygens (including phenoxy) is 2. The summed E-state index contributed by atoms with van der Waals surface area (Å²) in [6.45, 7) is 4.02. The minimum Gasteiger partial charge on any atom is -0.491 e. The molecular weight excluding hydrogens is 340 g/mol. The summed E-state index contributed by atoms with van der Waals surface area (Å²) < 4.78 is 13.0. The number of pyridine rings is 1.